The van der Waals surface area contributed by atoms with Gasteiger partial charge in [-0.3, -0.25) is 15.1 Å². The molecule has 1 N–H and O–H groups in total. The van der Waals surface area contributed by atoms with Crippen LogP contribution >= 0.6 is 0 Å². The summed E-state index contributed by atoms with van der Waals surface area (Å²) in [5.74, 6) is 0. The van der Waals surface area contributed by atoms with Crippen molar-refractivity contribution >= 4 is 17.9 Å². The summed E-state index contributed by atoms with van der Waals surface area (Å²) < 4.78 is 0. The minimum atomic E-state index is -0.906. The fourth-order valence-electron chi connectivity index (χ4n) is 2.17. The number of carbonyl (C=O) groups is 1. The highest BCUT2D eigenvalue weighted by Gasteiger charge is 2.18. The summed E-state index contributed by atoms with van der Waals surface area (Å²) in [7, 11) is 0. The van der Waals surface area contributed by atoms with Crippen molar-refractivity contribution in [1.82, 2.24) is 9.88 Å². The molecular weight excluding hydrogens is 262 g/mol. The maximum absolute atomic E-state index is 10.9. The lowest BCUT2D eigenvalue weighted by Crippen LogP contribution is -2.35. The van der Waals surface area contributed by atoms with Gasteiger partial charge in [0.15, 0.2) is 0 Å². The molecule has 1 aliphatic heterocycles. The van der Waals surface area contributed by atoms with Gasteiger partial charge in [0.05, 0.1) is 4.92 Å². The van der Waals surface area contributed by atoms with Crippen molar-refractivity contribution in [2.24, 2.45) is 0 Å². The van der Waals surface area contributed by atoms with E-state index in [0.717, 1.165) is 5.57 Å². The second-order valence-electron chi connectivity index (χ2n) is 4.70. The first-order valence-corrected chi connectivity index (χ1v) is 6.25. The molecule has 0 spiro atoms. The Morgan fingerprint density at radius 3 is 2.70 bits per heavy atom. The van der Waals surface area contributed by atoms with Crippen molar-refractivity contribution in [2.75, 3.05) is 13.1 Å². The zero-order valence-corrected chi connectivity index (χ0v) is 11.1. The van der Waals surface area contributed by atoms with Crippen molar-refractivity contribution in [3.63, 3.8) is 0 Å². The lowest BCUT2D eigenvalue weighted by Gasteiger charge is -2.25. The molecule has 2 rings (SSSR count). The molecule has 2 heterocycles. The van der Waals surface area contributed by atoms with Crippen LogP contribution in [-0.2, 0) is 0 Å². The third-order valence-corrected chi connectivity index (χ3v) is 3.33. The summed E-state index contributed by atoms with van der Waals surface area (Å²) in [6, 6.07) is 1.50. The number of hydrogen-bond acceptors (Lipinski definition) is 4. The number of nitro groups is 1. The second kappa shape index (κ2) is 5.68. The highest BCUT2D eigenvalue weighted by atomic mass is 16.6. The van der Waals surface area contributed by atoms with Crippen molar-refractivity contribution in [1.29, 1.82) is 0 Å². The molecule has 7 nitrogen and oxygen atoms in total. The Bertz CT molecular complexity index is 573. The van der Waals surface area contributed by atoms with Gasteiger partial charge in [-0.25, -0.2) is 4.79 Å². The smallest absolute Gasteiger partial charge is 0.407 e. The van der Waals surface area contributed by atoms with Gasteiger partial charge in [-0.2, -0.15) is 0 Å². The Hall–Kier alpha value is -2.44. The first-order valence-electron chi connectivity index (χ1n) is 6.25. The van der Waals surface area contributed by atoms with Crippen molar-refractivity contribution < 1.29 is 14.8 Å². The van der Waals surface area contributed by atoms with E-state index in [2.05, 4.69) is 4.98 Å². The number of hydrogen-bond donors (Lipinski definition) is 1. The van der Waals surface area contributed by atoms with E-state index in [1.807, 2.05) is 6.08 Å². The molecule has 1 aliphatic rings. The standard InChI is InChI=1S/C13H15N3O4/c1-9-12(16(19)20)7-11(8-14-9)6-10-2-4-15(5-3-10)13(17)18/h6-8H,2-5H2,1H3,(H,17,18). The first-order chi connectivity index (χ1) is 9.47. The van der Waals surface area contributed by atoms with Crippen LogP contribution < -0.4 is 0 Å². The van der Waals surface area contributed by atoms with E-state index in [1.165, 1.54) is 11.0 Å². The molecule has 1 fully saturated rings. The summed E-state index contributed by atoms with van der Waals surface area (Å²) >= 11 is 0. The van der Waals surface area contributed by atoms with Gasteiger partial charge < -0.3 is 10.0 Å². The number of rotatable bonds is 2. The van der Waals surface area contributed by atoms with Gasteiger partial charge in [0, 0.05) is 25.4 Å². The van der Waals surface area contributed by atoms with Crippen molar-refractivity contribution in [3.05, 3.63) is 39.2 Å². The Balaban J connectivity index is 2.14. The summed E-state index contributed by atoms with van der Waals surface area (Å²) in [6.45, 7) is 2.52. The molecule has 1 aromatic rings. The Kier molecular flexibility index (Phi) is 3.97. The van der Waals surface area contributed by atoms with Gasteiger partial charge in [0.25, 0.3) is 5.69 Å². The van der Waals surface area contributed by atoms with Crippen LogP contribution in [0.2, 0.25) is 0 Å². The van der Waals surface area contributed by atoms with Crippen LogP contribution in [0.25, 0.3) is 6.08 Å². The van der Waals surface area contributed by atoms with Gasteiger partial charge in [0.2, 0.25) is 0 Å². The maximum Gasteiger partial charge on any atom is 0.407 e. The van der Waals surface area contributed by atoms with Gasteiger partial charge in [-0.1, -0.05) is 11.6 Å². The van der Waals surface area contributed by atoms with E-state index in [4.69, 9.17) is 5.11 Å². The van der Waals surface area contributed by atoms with Gasteiger partial charge in [0.1, 0.15) is 5.69 Å². The number of amides is 1. The lowest BCUT2D eigenvalue weighted by molar-refractivity contribution is -0.385. The molecule has 0 unspecified atom stereocenters. The van der Waals surface area contributed by atoms with Crippen LogP contribution in [0.5, 0.6) is 0 Å². The highest BCUT2D eigenvalue weighted by molar-refractivity contribution is 5.65. The average Bonchev–Trinajstić information content (AvgIpc) is 2.41. The Morgan fingerprint density at radius 1 is 1.50 bits per heavy atom. The minimum absolute atomic E-state index is 0.00215. The molecule has 0 bridgehead atoms. The summed E-state index contributed by atoms with van der Waals surface area (Å²) in [4.78, 5) is 26.6. The number of aromatic nitrogens is 1. The molecule has 1 amide bonds. The first kappa shape index (κ1) is 14.0. The quantitative estimate of drug-likeness (QED) is 0.661. The van der Waals surface area contributed by atoms with Crippen LogP contribution in [-0.4, -0.2) is 39.1 Å². The molecule has 0 aliphatic carbocycles. The molecule has 1 aromatic heterocycles. The number of piperidine rings is 1. The molecule has 0 aromatic carbocycles. The lowest BCUT2D eigenvalue weighted by atomic mass is 10.0. The summed E-state index contributed by atoms with van der Waals surface area (Å²) in [5.41, 5.74) is 2.16. The van der Waals surface area contributed by atoms with Crippen LogP contribution in [0, 0.1) is 17.0 Å². The van der Waals surface area contributed by atoms with Gasteiger partial charge in [-0.15, -0.1) is 0 Å². The number of likely N-dealkylation sites (tertiary alicyclic amines) is 1. The Labute approximate surface area is 115 Å². The predicted molar refractivity (Wildman–Crippen MR) is 72.4 cm³/mol. The molecule has 7 heteroatoms. The van der Waals surface area contributed by atoms with E-state index >= 15 is 0 Å². The molecule has 0 saturated carbocycles. The van der Waals surface area contributed by atoms with Crippen molar-refractivity contribution in [3.8, 4) is 0 Å². The predicted octanol–water partition coefficient (Wildman–Crippen LogP) is 2.46. The third kappa shape index (κ3) is 3.11. The minimum Gasteiger partial charge on any atom is -0.465 e. The Morgan fingerprint density at radius 2 is 2.15 bits per heavy atom. The zero-order chi connectivity index (χ0) is 14.7. The molecule has 0 radical (unpaired) electrons. The average molecular weight is 277 g/mol. The fourth-order valence-corrected chi connectivity index (χ4v) is 2.17. The molecule has 0 atom stereocenters. The summed E-state index contributed by atoms with van der Waals surface area (Å²) in [5, 5.41) is 19.7. The highest BCUT2D eigenvalue weighted by Crippen LogP contribution is 2.22. The molecule has 106 valence electrons. The van der Waals surface area contributed by atoms with E-state index in [-0.39, 0.29) is 5.69 Å². The molecule has 20 heavy (non-hydrogen) atoms. The second-order valence-corrected chi connectivity index (χ2v) is 4.70. The van der Waals surface area contributed by atoms with E-state index < -0.39 is 11.0 Å². The molecule has 1 saturated heterocycles. The number of carboxylic acid groups (broad SMARTS) is 1. The van der Waals surface area contributed by atoms with Gasteiger partial charge >= 0.3 is 6.09 Å². The monoisotopic (exact) mass is 277 g/mol. The van der Waals surface area contributed by atoms with Crippen LogP contribution in [0.15, 0.2) is 17.8 Å². The number of nitrogens with zero attached hydrogens (tertiary/aromatic N) is 3. The normalized spacial score (nSPS) is 15.1. The van der Waals surface area contributed by atoms with Gasteiger partial charge in [-0.05, 0) is 25.3 Å². The van der Waals surface area contributed by atoms with E-state index in [9.17, 15) is 14.9 Å². The van der Waals surface area contributed by atoms with E-state index in [0.29, 0.717) is 37.2 Å². The summed E-state index contributed by atoms with van der Waals surface area (Å²) in [6.07, 6.45) is 3.84. The maximum atomic E-state index is 10.9. The third-order valence-electron chi connectivity index (χ3n) is 3.33. The number of pyridine rings is 1. The molecular formula is C13H15N3O4. The topological polar surface area (TPSA) is 96.6 Å². The van der Waals surface area contributed by atoms with Crippen LogP contribution in [0.1, 0.15) is 24.1 Å². The van der Waals surface area contributed by atoms with Crippen molar-refractivity contribution in [2.45, 2.75) is 19.8 Å². The van der Waals surface area contributed by atoms with Crippen LogP contribution in [0.4, 0.5) is 10.5 Å². The fraction of sp³-hybridized carbons (Fsp3) is 0.385. The number of aryl methyl sites for hydroxylation is 1. The zero-order valence-electron chi connectivity index (χ0n) is 11.1. The SMILES string of the molecule is Cc1ncc(C=C2CCN(C(=O)O)CC2)cc1[N+](=O)[O-]. The largest absolute Gasteiger partial charge is 0.465 e. The van der Waals surface area contributed by atoms with E-state index in [1.54, 1.807) is 13.1 Å². The van der Waals surface area contributed by atoms with Crippen LogP contribution in [0.3, 0.4) is 0 Å².